The van der Waals surface area contributed by atoms with Crippen molar-refractivity contribution in [3.05, 3.63) is 12.2 Å². The van der Waals surface area contributed by atoms with E-state index in [1.54, 1.807) is 0 Å². The van der Waals surface area contributed by atoms with Crippen LogP contribution in [0.2, 0.25) is 0 Å². The standard InChI is InChI=1S/C43H82O5/c1-4-7-10-13-15-17-19-20-21-22-23-25-27-29-32-35-38-46-39-41(48-43(45)37-34-30-12-9-6-3)40-47-42(44)36-33-31-28-26-24-18-16-14-11-8-5-2/h20-21,41H,4-19,22-40H2,1-3H3/b21-20-. The van der Waals surface area contributed by atoms with Crippen LogP contribution in [-0.4, -0.2) is 37.9 Å². The van der Waals surface area contributed by atoms with Crippen molar-refractivity contribution in [1.82, 2.24) is 0 Å². The molecule has 0 aromatic carbocycles. The van der Waals surface area contributed by atoms with E-state index in [-0.39, 0.29) is 18.5 Å². The average Bonchev–Trinajstić information content (AvgIpc) is 3.08. The Balaban J connectivity index is 4.05. The molecule has 0 aliphatic carbocycles. The lowest BCUT2D eigenvalue weighted by atomic mass is 10.1. The summed E-state index contributed by atoms with van der Waals surface area (Å²) < 4.78 is 17.1. The first-order valence-electron chi connectivity index (χ1n) is 21.2. The number of hydrogen-bond donors (Lipinski definition) is 0. The molecule has 5 nitrogen and oxygen atoms in total. The summed E-state index contributed by atoms with van der Waals surface area (Å²) in [5, 5.41) is 0. The maximum absolute atomic E-state index is 12.5. The van der Waals surface area contributed by atoms with Crippen LogP contribution in [0.25, 0.3) is 0 Å². The Labute approximate surface area is 299 Å². The van der Waals surface area contributed by atoms with Gasteiger partial charge in [0.15, 0.2) is 6.10 Å². The molecule has 5 heteroatoms. The average molecular weight is 679 g/mol. The normalized spacial score (nSPS) is 12.1. The highest BCUT2D eigenvalue weighted by Gasteiger charge is 2.17. The summed E-state index contributed by atoms with van der Waals surface area (Å²) in [5.74, 6) is -0.404. The Morgan fingerprint density at radius 2 is 0.812 bits per heavy atom. The van der Waals surface area contributed by atoms with Gasteiger partial charge in [-0.1, -0.05) is 181 Å². The minimum Gasteiger partial charge on any atom is -0.462 e. The summed E-state index contributed by atoms with van der Waals surface area (Å²) in [7, 11) is 0. The Kier molecular flexibility index (Phi) is 38.9. The fourth-order valence-electron chi connectivity index (χ4n) is 6.09. The van der Waals surface area contributed by atoms with Crippen LogP contribution >= 0.6 is 0 Å². The molecule has 0 spiro atoms. The van der Waals surface area contributed by atoms with Gasteiger partial charge in [-0.05, 0) is 44.9 Å². The second-order valence-electron chi connectivity index (χ2n) is 14.3. The van der Waals surface area contributed by atoms with Crippen LogP contribution in [0.3, 0.4) is 0 Å². The molecule has 48 heavy (non-hydrogen) atoms. The van der Waals surface area contributed by atoms with Gasteiger partial charge in [0.1, 0.15) is 6.61 Å². The van der Waals surface area contributed by atoms with Crippen molar-refractivity contribution in [1.29, 1.82) is 0 Å². The summed E-state index contributed by atoms with van der Waals surface area (Å²) in [6.45, 7) is 7.75. The number of rotatable bonds is 39. The van der Waals surface area contributed by atoms with E-state index in [1.165, 1.54) is 148 Å². The SMILES string of the molecule is CCCCCCCC/C=C\CCCCCCCCOCC(COC(=O)CCCCCCCCCCCCC)OC(=O)CCCCCCC. The summed E-state index contributed by atoms with van der Waals surface area (Å²) in [5.41, 5.74) is 0. The summed E-state index contributed by atoms with van der Waals surface area (Å²) in [4.78, 5) is 24.9. The van der Waals surface area contributed by atoms with Gasteiger partial charge in [0.05, 0.1) is 6.61 Å². The highest BCUT2D eigenvalue weighted by molar-refractivity contribution is 5.70. The Morgan fingerprint density at radius 3 is 1.27 bits per heavy atom. The van der Waals surface area contributed by atoms with Gasteiger partial charge in [-0.2, -0.15) is 0 Å². The first-order valence-corrected chi connectivity index (χ1v) is 21.2. The monoisotopic (exact) mass is 679 g/mol. The molecule has 0 heterocycles. The molecule has 0 amide bonds. The third-order valence-corrected chi connectivity index (χ3v) is 9.30. The van der Waals surface area contributed by atoms with E-state index in [0.29, 0.717) is 26.1 Å². The summed E-state index contributed by atoms with van der Waals surface area (Å²) >= 11 is 0. The van der Waals surface area contributed by atoms with Gasteiger partial charge < -0.3 is 14.2 Å². The number of unbranched alkanes of at least 4 members (excludes halogenated alkanes) is 26. The zero-order chi connectivity index (χ0) is 35.0. The molecular formula is C43H82O5. The maximum atomic E-state index is 12.5. The maximum Gasteiger partial charge on any atom is 0.306 e. The van der Waals surface area contributed by atoms with Crippen LogP contribution in [0.4, 0.5) is 0 Å². The van der Waals surface area contributed by atoms with Gasteiger partial charge in [0.25, 0.3) is 0 Å². The molecule has 0 fully saturated rings. The summed E-state index contributed by atoms with van der Waals surface area (Å²) in [6.07, 6.45) is 42.3. The largest absolute Gasteiger partial charge is 0.462 e. The van der Waals surface area contributed by atoms with Gasteiger partial charge in [-0.15, -0.1) is 0 Å². The van der Waals surface area contributed by atoms with Gasteiger partial charge in [0, 0.05) is 19.4 Å². The number of esters is 2. The van der Waals surface area contributed by atoms with E-state index < -0.39 is 6.10 Å². The topological polar surface area (TPSA) is 61.8 Å². The van der Waals surface area contributed by atoms with Crippen LogP contribution in [0.15, 0.2) is 12.2 Å². The van der Waals surface area contributed by atoms with Gasteiger partial charge in [-0.3, -0.25) is 9.59 Å². The van der Waals surface area contributed by atoms with Crippen LogP contribution in [0.1, 0.15) is 226 Å². The minimum absolute atomic E-state index is 0.0891. The number of allylic oxidation sites excluding steroid dienone is 2. The molecule has 0 bridgehead atoms. The van der Waals surface area contributed by atoms with Gasteiger partial charge in [0.2, 0.25) is 0 Å². The zero-order valence-corrected chi connectivity index (χ0v) is 32.5. The van der Waals surface area contributed by atoms with E-state index in [2.05, 4.69) is 32.9 Å². The lowest BCUT2D eigenvalue weighted by Crippen LogP contribution is -2.30. The van der Waals surface area contributed by atoms with E-state index in [1.807, 2.05) is 0 Å². The van der Waals surface area contributed by atoms with Crippen molar-refractivity contribution in [3.63, 3.8) is 0 Å². The highest BCUT2D eigenvalue weighted by Crippen LogP contribution is 2.14. The third-order valence-electron chi connectivity index (χ3n) is 9.30. The first-order chi connectivity index (χ1) is 23.6. The second-order valence-corrected chi connectivity index (χ2v) is 14.3. The predicted molar refractivity (Wildman–Crippen MR) is 206 cm³/mol. The lowest BCUT2D eigenvalue weighted by Gasteiger charge is -2.18. The first kappa shape index (κ1) is 46.6. The van der Waals surface area contributed by atoms with Crippen LogP contribution < -0.4 is 0 Å². The molecule has 1 atom stereocenters. The molecular weight excluding hydrogens is 596 g/mol. The number of carbonyl (C=O) groups is 2. The molecule has 0 rings (SSSR count). The van der Waals surface area contributed by atoms with Crippen LogP contribution in [0, 0.1) is 0 Å². The van der Waals surface area contributed by atoms with Crippen molar-refractivity contribution in [2.75, 3.05) is 19.8 Å². The minimum atomic E-state index is -0.525. The van der Waals surface area contributed by atoms with Crippen LogP contribution in [0.5, 0.6) is 0 Å². The quantitative estimate of drug-likeness (QED) is 0.0368. The van der Waals surface area contributed by atoms with E-state index in [4.69, 9.17) is 14.2 Å². The molecule has 0 aromatic rings. The third kappa shape index (κ3) is 37.5. The second kappa shape index (κ2) is 40.1. The van der Waals surface area contributed by atoms with Crippen molar-refractivity contribution < 1.29 is 23.8 Å². The van der Waals surface area contributed by atoms with Gasteiger partial charge >= 0.3 is 11.9 Å². The lowest BCUT2D eigenvalue weighted by molar-refractivity contribution is -0.163. The van der Waals surface area contributed by atoms with Crippen molar-refractivity contribution in [2.24, 2.45) is 0 Å². The molecule has 0 aromatic heterocycles. The Hall–Kier alpha value is -1.36. The van der Waals surface area contributed by atoms with Crippen molar-refractivity contribution >= 4 is 11.9 Å². The fraction of sp³-hybridized carbons (Fsp3) is 0.907. The number of ether oxygens (including phenoxy) is 3. The molecule has 0 saturated heterocycles. The van der Waals surface area contributed by atoms with E-state index in [0.717, 1.165) is 44.9 Å². The smallest absolute Gasteiger partial charge is 0.306 e. The Morgan fingerprint density at radius 1 is 0.438 bits per heavy atom. The Bertz CT molecular complexity index is 691. The van der Waals surface area contributed by atoms with E-state index in [9.17, 15) is 9.59 Å². The van der Waals surface area contributed by atoms with Gasteiger partial charge in [-0.25, -0.2) is 0 Å². The number of hydrogen-bond acceptors (Lipinski definition) is 5. The van der Waals surface area contributed by atoms with Crippen molar-refractivity contribution in [3.8, 4) is 0 Å². The van der Waals surface area contributed by atoms with Crippen LogP contribution in [-0.2, 0) is 23.8 Å². The zero-order valence-electron chi connectivity index (χ0n) is 32.5. The summed E-state index contributed by atoms with van der Waals surface area (Å²) in [6, 6.07) is 0. The number of carbonyl (C=O) groups excluding carboxylic acids is 2. The molecule has 284 valence electrons. The fourth-order valence-corrected chi connectivity index (χ4v) is 6.09. The molecule has 0 aliphatic rings. The molecule has 0 aliphatic heterocycles. The molecule has 0 radical (unpaired) electrons. The molecule has 0 saturated carbocycles. The predicted octanol–water partition coefficient (Wildman–Crippen LogP) is 13.6. The highest BCUT2D eigenvalue weighted by atomic mass is 16.6. The molecule has 0 N–H and O–H groups in total. The van der Waals surface area contributed by atoms with Crippen molar-refractivity contribution in [2.45, 2.75) is 232 Å². The molecule has 1 unspecified atom stereocenters. The van der Waals surface area contributed by atoms with E-state index >= 15 is 0 Å².